The summed E-state index contributed by atoms with van der Waals surface area (Å²) in [5, 5.41) is 24.5. The minimum Gasteiger partial charge on any atom is -0.388 e. The molecule has 4 heterocycles. The van der Waals surface area contributed by atoms with Crippen molar-refractivity contribution < 1.29 is 38.8 Å². The van der Waals surface area contributed by atoms with E-state index >= 15 is 0 Å². The highest BCUT2D eigenvalue weighted by molar-refractivity contribution is 5.83. The summed E-state index contributed by atoms with van der Waals surface area (Å²) in [5.41, 5.74) is 2.59. The van der Waals surface area contributed by atoms with Gasteiger partial charge in [-0.05, 0) is 30.4 Å². The van der Waals surface area contributed by atoms with Gasteiger partial charge in [0.25, 0.3) is 0 Å². The second-order valence-corrected chi connectivity index (χ2v) is 12.0. The number of amides is 3. The fourth-order valence-electron chi connectivity index (χ4n) is 7.19. The number of aliphatic hydroxyl groups is 2. The molecule has 224 valence electrons. The first-order valence-electron chi connectivity index (χ1n) is 14.6. The van der Waals surface area contributed by atoms with Crippen molar-refractivity contribution in [3.05, 3.63) is 35.4 Å². The van der Waals surface area contributed by atoms with Gasteiger partial charge in [0.1, 0.15) is 24.9 Å². The third-order valence-electron chi connectivity index (χ3n) is 9.23. The fraction of sp³-hybridized carbons (Fsp3) is 0.690. The Bertz CT molecular complexity index is 1130. The molecule has 6 bridgehead atoms. The highest BCUT2D eigenvalue weighted by atomic mass is 16.5. The number of hydrogen-bond donors (Lipinski definition) is 3. The largest absolute Gasteiger partial charge is 0.388 e. The summed E-state index contributed by atoms with van der Waals surface area (Å²) in [6.45, 7) is 1.66. The molecule has 4 saturated heterocycles. The first-order valence-corrected chi connectivity index (χ1v) is 14.6. The van der Waals surface area contributed by atoms with E-state index in [2.05, 4.69) is 22.3 Å². The number of methoxy groups -OCH3 is 1. The van der Waals surface area contributed by atoms with E-state index in [1.165, 1.54) is 23.1 Å². The Kier molecular flexibility index (Phi) is 8.30. The molecule has 0 radical (unpaired) electrons. The SMILES string of the molecule is COCC(=O)N1C[C@@H]2CN(CCO2)C(=O)[C@@H]2C[C@@H](CN2C2Cc3ccccc3C2)NC(=O)C[C@@H]2O[C@H](C1)[C@@H](O)[C@H]2O. The molecule has 1 aromatic rings. The van der Waals surface area contributed by atoms with Crippen molar-refractivity contribution >= 4 is 17.7 Å². The van der Waals surface area contributed by atoms with Crippen molar-refractivity contribution in [3.8, 4) is 0 Å². The topological polar surface area (TPSA) is 141 Å². The number of carbonyl (C=O) groups is 3. The van der Waals surface area contributed by atoms with Crippen LogP contribution in [0, 0.1) is 0 Å². The molecule has 41 heavy (non-hydrogen) atoms. The predicted molar refractivity (Wildman–Crippen MR) is 145 cm³/mol. The number of likely N-dealkylation sites (tertiary alicyclic amines) is 1. The smallest absolute Gasteiger partial charge is 0.248 e. The number of morpholine rings is 1. The number of nitrogens with one attached hydrogen (secondary N) is 1. The number of benzene rings is 1. The summed E-state index contributed by atoms with van der Waals surface area (Å²) in [6.07, 6.45) is -2.71. The molecule has 7 atom stereocenters. The fourth-order valence-corrected chi connectivity index (χ4v) is 7.19. The molecule has 3 N–H and O–H groups in total. The average molecular weight is 573 g/mol. The molecular weight excluding hydrogens is 532 g/mol. The van der Waals surface area contributed by atoms with Gasteiger partial charge in [-0.1, -0.05) is 24.3 Å². The maximum Gasteiger partial charge on any atom is 0.248 e. The van der Waals surface area contributed by atoms with Crippen LogP contribution in [0.5, 0.6) is 0 Å². The summed E-state index contributed by atoms with van der Waals surface area (Å²) in [6, 6.07) is 7.89. The summed E-state index contributed by atoms with van der Waals surface area (Å²) in [7, 11) is 1.43. The minimum atomic E-state index is -1.27. The van der Waals surface area contributed by atoms with Crippen LogP contribution in [-0.2, 0) is 41.4 Å². The Morgan fingerprint density at radius 3 is 2.49 bits per heavy atom. The van der Waals surface area contributed by atoms with Crippen molar-refractivity contribution in [1.29, 1.82) is 0 Å². The van der Waals surface area contributed by atoms with E-state index in [1.54, 1.807) is 0 Å². The van der Waals surface area contributed by atoms with Crippen LogP contribution in [-0.4, -0.2) is 144 Å². The molecule has 6 rings (SSSR count). The van der Waals surface area contributed by atoms with Crippen molar-refractivity contribution in [1.82, 2.24) is 20.0 Å². The number of nitrogens with zero attached hydrogens (tertiary/aromatic N) is 3. The van der Waals surface area contributed by atoms with E-state index in [9.17, 15) is 24.6 Å². The summed E-state index contributed by atoms with van der Waals surface area (Å²) < 4.78 is 17.0. The normalized spacial score (nSPS) is 35.0. The van der Waals surface area contributed by atoms with Crippen molar-refractivity contribution in [2.45, 2.75) is 74.3 Å². The molecule has 12 heteroatoms. The van der Waals surface area contributed by atoms with E-state index in [1.807, 2.05) is 17.0 Å². The lowest BCUT2D eigenvalue weighted by Gasteiger charge is -2.39. The van der Waals surface area contributed by atoms with Crippen LogP contribution >= 0.6 is 0 Å². The molecule has 0 saturated carbocycles. The van der Waals surface area contributed by atoms with Crippen LogP contribution in [0.25, 0.3) is 0 Å². The molecule has 0 aromatic heterocycles. The van der Waals surface area contributed by atoms with Gasteiger partial charge in [0.05, 0.1) is 31.3 Å². The van der Waals surface area contributed by atoms with Gasteiger partial charge >= 0.3 is 0 Å². The number of aliphatic hydroxyl groups excluding tert-OH is 2. The Morgan fingerprint density at radius 1 is 1.02 bits per heavy atom. The third kappa shape index (κ3) is 5.86. The van der Waals surface area contributed by atoms with Gasteiger partial charge in [0.15, 0.2) is 0 Å². The Morgan fingerprint density at radius 2 is 1.76 bits per heavy atom. The van der Waals surface area contributed by atoms with E-state index in [4.69, 9.17) is 14.2 Å². The van der Waals surface area contributed by atoms with Gasteiger partial charge < -0.3 is 39.5 Å². The Balaban J connectivity index is 1.27. The van der Waals surface area contributed by atoms with E-state index in [0.717, 1.165) is 12.8 Å². The predicted octanol–water partition coefficient (Wildman–Crippen LogP) is -1.69. The summed E-state index contributed by atoms with van der Waals surface area (Å²) in [5.74, 6) is -0.611. The Hall–Kier alpha value is -2.61. The van der Waals surface area contributed by atoms with E-state index < -0.39 is 36.6 Å². The summed E-state index contributed by atoms with van der Waals surface area (Å²) >= 11 is 0. The zero-order valence-electron chi connectivity index (χ0n) is 23.4. The highest BCUT2D eigenvalue weighted by Crippen LogP contribution is 2.32. The minimum absolute atomic E-state index is 0.00634. The monoisotopic (exact) mass is 572 g/mol. The second kappa shape index (κ2) is 11.9. The van der Waals surface area contributed by atoms with E-state index in [0.29, 0.717) is 32.7 Å². The Labute approximate surface area is 239 Å². The lowest BCUT2D eigenvalue weighted by atomic mass is 10.0. The van der Waals surface area contributed by atoms with Crippen LogP contribution in [0.4, 0.5) is 0 Å². The standard InChI is InChI=1S/C29H40N4O8/c1-39-16-26(35)32-14-21-13-31(6-7-40-21)29(38)22-10-19(12-33(22)20-8-17-4-2-3-5-18(17)9-20)30-25(34)11-23-27(36)28(37)24(15-32)41-23/h2-5,19-24,27-28,36-37H,6-16H2,1H3,(H,30,34)/t19-,21-,22-,23-,24+,27-,28+/m0/s1. The molecule has 5 aliphatic rings. The first-order chi connectivity index (χ1) is 19.8. The molecular formula is C29H40N4O8. The van der Waals surface area contributed by atoms with Gasteiger partial charge in [-0.3, -0.25) is 19.3 Å². The number of rotatable bonds is 3. The molecule has 3 amide bonds. The zero-order valence-corrected chi connectivity index (χ0v) is 23.4. The highest BCUT2D eigenvalue weighted by Gasteiger charge is 2.47. The molecule has 0 unspecified atom stereocenters. The van der Waals surface area contributed by atoms with Crippen LogP contribution < -0.4 is 5.32 Å². The quantitative estimate of drug-likeness (QED) is 0.387. The van der Waals surface area contributed by atoms with Crippen molar-refractivity contribution in [2.75, 3.05) is 53.0 Å². The van der Waals surface area contributed by atoms with Crippen LogP contribution in [0.3, 0.4) is 0 Å². The van der Waals surface area contributed by atoms with Crippen LogP contribution in [0.15, 0.2) is 24.3 Å². The molecule has 1 aliphatic carbocycles. The van der Waals surface area contributed by atoms with Gasteiger partial charge in [-0.25, -0.2) is 0 Å². The zero-order chi connectivity index (χ0) is 28.7. The van der Waals surface area contributed by atoms with Gasteiger partial charge in [-0.15, -0.1) is 0 Å². The number of fused-ring (bicyclic) bond motifs is 7. The second-order valence-electron chi connectivity index (χ2n) is 12.0. The molecule has 4 aliphatic heterocycles. The van der Waals surface area contributed by atoms with Crippen LogP contribution in [0.2, 0.25) is 0 Å². The lowest BCUT2D eigenvalue weighted by Crippen LogP contribution is -2.56. The third-order valence-corrected chi connectivity index (χ3v) is 9.23. The van der Waals surface area contributed by atoms with Gasteiger partial charge in [0.2, 0.25) is 17.7 Å². The van der Waals surface area contributed by atoms with Gasteiger partial charge in [0, 0.05) is 51.9 Å². The maximum atomic E-state index is 14.1. The number of hydrogen-bond acceptors (Lipinski definition) is 9. The van der Waals surface area contributed by atoms with Crippen molar-refractivity contribution in [2.24, 2.45) is 0 Å². The number of carbonyl (C=O) groups excluding carboxylic acids is 3. The summed E-state index contributed by atoms with van der Waals surface area (Å²) in [4.78, 5) is 45.7. The lowest BCUT2D eigenvalue weighted by molar-refractivity contribution is -0.149. The molecule has 0 spiro atoms. The van der Waals surface area contributed by atoms with Crippen molar-refractivity contribution in [3.63, 3.8) is 0 Å². The van der Waals surface area contributed by atoms with Gasteiger partial charge in [-0.2, -0.15) is 0 Å². The maximum absolute atomic E-state index is 14.1. The molecule has 4 fully saturated rings. The first kappa shape index (κ1) is 28.5. The van der Waals surface area contributed by atoms with E-state index in [-0.39, 0.29) is 55.9 Å². The molecule has 1 aromatic carbocycles. The average Bonchev–Trinajstić information content (AvgIpc) is 3.64. The molecule has 12 nitrogen and oxygen atoms in total. The number of ether oxygens (including phenoxy) is 3. The van der Waals surface area contributed by atoms with Crippen LogP contribution in [0.1, 0.15) is 24.0 Å².